The van der Waals surface area contributed by atoms with Crippen LogP contribution in [0.25, 0.3) is 0 Å². The van der Waals surface area contributed by atoms with E-state index in [0.29, 0.717) is 5.75 Å². The van der Waals surface area contributed by atoms with Crippen molar-refractivity contribution in [2.24, 2.45) is 10.9 Å². The minimum Gasteiger partial charge on any atom is -0.496 e. The van der Waals surface area contributed by atoms with Crippen molar-refractivity contribution in [3.8, 4) is 5.75 Å². The summed E-state index contributed by atoms with van der Waals surface area (Å²) in [5, 5.41) is 21.7. The van der Waals surface area contributed by atoms with E-state index in [2.05, 4.69) is 5.16 Å². The summed E-state index contributed by atoms with van der Waals surface area (Å²) >= 11 is 0. The first-order chi connectivity index (χ1) is 7.10. The van der Waals surface area contributed by atoms with Crippen LogP contribution in [0.4, 0.5) is 5.69 Å². The van der Waals surface area contributed by atoms with Gasteiger partial charge in [0, 0.05) is 12.1 Å². The molecule has 1 aromatic carbocycles. The standard InChI is InChI=1S/C8H9N3O4/c1-15-7-3-2-5(11(13)14)4-6(7)8(9)10-12/h2-4,12H,1H3,(H2,9,10). The second kappa shape index (κ2) is 4.27. The number of hydrogen-bond acceptors (Lipinski definition) is 5. The topological polar surface area (TPSA) is 111 Å². The normalized spacial score (nSPS) is 11.1. The molecule has 15 heavy (non-hydrogen) atoms. The molecule has 0 aliphatic heterocycles. The molecule has 0 heterocycles. The summed E-state index contributed by atoms with van der Waals surface area (Å²) in [5.74, 6) is 0.0615. The van der Waals surface area contributed by atoms with Crippen molar-refractivity contribution in [1.29, 1.82) is 0 Å². The molecular weight excluding hydrogens is 202 g/mol. The number of methoxy groups -OCH3 is 1. The average molecular weight is 211 g/mol. The summed E-state index contributed by atoms with van der Waals surface area (Å²) in [6.45, 7) is 0. The van der Waals surface area contributed by atoms with Gasteiger partial charge < -0.3 is 15.7 Å². The van der Waals surface area contributed by atoms with E-state index in [1.165, 1.54) is 25.3 Å². The molecule has 7 nitrogen and oxygen atoms in total. The highest BCUT2D eigenvalue weighted by atomic mass is 16.6. The van der Waals surface area contributed by atoms with Gasteiger partial charge in [0.2, 0.25) is 0 Å². The van der Waals surface area contributed by atoms with Crippen LogP contribution in [0.1, 0.15) is 5.56 Å². The summed E-state index contributed by atoms with van der Waals surface area (Å²) in [5.41, 5.74) is 5.36. The molecule has 7 heteroatoms. The quantitative estimate of drug-likeness (QED) is 0.251. The van der Waals surface area contributed by atoms with Crippen molar-refractivity contribution >= 4 is 11.5 Å². The predicted molar refractivity (Wildman–Crippen MR) is 52.2 cm³/mol. The Morgan fingerprint density at radius 3 is 2.80 bits per heavy atom. The zero-order valence-electron chi connectivity index (χ0n) is 7.88. The van der Waals surface area contributed by atoms with Crippen LogP contribution in [-0.4, -0.2) is 23.1 Å². The number of nitrogens with two attached hydrogens (primary N) is 1. The molecule has 0 saturated heterocycles. The van der Waals surface area contributed by atoms with Crippen LogP contribution in [-0.2, 0) is 0 Å². The van der Waals surface area contributed by atoms with Gasteiger partial charge in [0.15, 0.2) is 5.84 Å². The Balaban J connectivity index is 3.31. The fourth-order valence-corrected chi connectivity index (χ4v) is 1.06. The Labute approximate surface area is 84.9 Å². The molecule has 1 aromatic rings. The lowest BCUT2D eigenvalue weighted by Crippen LogP contribution is -2.14. The number of amidine groups is 1. The largest absolute Gasteiger partial charge is 0.496 e. The summed E-state index contributed by atoms with van der Waals surface area (Å²) < 4.78 is 4.91. The Hall–Kier alpha value is -2.31. The van der Waals surface area contributed by atoms with Crippen molar-refractivity contribution < 1.29 is 14.9 Å². The smallest absolute Gasteiger partial charge is 0.270 e. The van der Waals surface area contributed by atoms with Gasteiger partial charge >= 0.3 is 0 Å². The number of nitro benzene ring substituents is 1. The van der Waals surface area contributed by atoms with E-state index in [9.17, 15) is 10.1 Å². The summed E-state index contributed by atoms with van der Waals surface area (Å²) in [4.78, 5) is 9.91. The summed E-state index contributed by atoms with van der Waals surface area (Å²) in [6.07, 6.45) is 0. The third-order valence-corrected chi connectivity index (χ3v) is 1.78. The Morgan fingerprint density at radius 2 is 2.33 bits per heavy atom. The van der Waals surface area contributed by atoms with Gasteiger partial charge in [-0.05, 0) is 6.07 Å². The number of nitrogens with zero attached hydrogens (tertiary/aromatic N) is 2. The van der Waals surface area contributed by atoms with Crippen LogP contribution >= 0.6 is 0 Å². The highest BCUT2D eigenvalue weighted by molar-refractivity contribution is 6.00. The molecular formula is C8H9N3O4. The fraction of sp³-hybridized carbons (Fsp3) is 0.125. The van der Waals surface area contributed by atoms with E-state index in [-0.39, 0.29) is 17.1 Å². The first-order valence-corrected chi connectivity index (χ1v) is 3.90. The number of benzene rings is 1. The van der Waals surface area contributed by atoms with Crippen molar-refractivity contribution in [2.45, 2.75) is 0 Å². The average Bonchev–Trinajstić information content (AvgIpc) is 2.27. The molecule has 0 amide bonds. The highest BCUT2D eigenvalue weighted by Gasteiger charge is 2.14. The second-order valence-electron chi connectivity index (χ2n) is 2.63. The summed E-state index contributed by atoms with van der Waals surface area (Å²) in [6, 6.07) is 3.83. The molecule has 0 spiro atoms. The third-order valence-electron chi connectivity index (χ3n) is 1.78. The molecule has 0 aromatic heterocycles. The van der Waals surface area contributed by atoms with Crippen molar-refractivity contribution in [1.82, 2.24) is 0 Å². The minimum atomic E-state index is -0.576. The molecule has 0 fully saturated rings. The lowest BCUT2D eigenvalue weighted by molar-refractivity contribution is -0.384. The van der Waals surface area contributed by atoms with Crippen LogP contribution < -0.4 is 10.5 Å². The number of nitro groups is 1. The molecule has 0 aliphatic carbocycles. The molecule has 1 rings (SSSR count). The molecule has 0 unspecified atom stereocenters. The van der Waals surface area contributed by atoms with Crippen LogP contribution in [0.15, 0.2) is 23.4 Å². The molecule has 3 N–H and O–H groups in total. The number of non-ortho nitro benzene ring substituents is 1. The third kappa shape index (κ3) is 2.13. The van der Waals surface area contributed by atoms with Gasteiger partial charge in [-0.25, -0.2) is 0 Å². The SMILES string of the molecule is COc1ccc([N+](=O)[O-])cc1C(N)=NO. The Bertz CT molecular complexity index is 416. The molecule has 0 aliphatic rings. The first kappa shape index (κ1) is 10.8. The molecule has 80 valence electrons. The van der Waals surface area contributed by atoms with Crippen molar-refractivity contribution in [3.05, 3.63) is 33.9 Å². The van der Waals surface area contributed by atoms with E-state index in [1.807, 2.05) is 0 Å². The van der Waals surface area contributed by atoms with Gasteiger partial charge in [-0.2, -0.15) is 0 Å². The van der Waals surface area contributed by atoms with Crippen LogP contribution in [0.5, 0.6) is 5.75 Å². The van der Waals surface area contributed by atoms with E-state index in [1.54, 1.807) is 0 Å². The van der Waals surface area contributed by atoms with Gasteiger partial charge in [0.25, 0.3) is 5.69 Å². The van der Waals surface area contributed by atoms with E-state index in [4.69, 9.17) is 15.7 Å². The number of hydrogen-bond donors (Lipinski definition) is 2. The van der Waals surface area contributed by atoms with E-state index < -0.39 is 4.92 Å². The van der Waals surface area contributed by atoms with E-state index >= 15 is 0 Å². The van der Waals surface area contributed by atoms with Crippen LogP contribution in [0.3, 0.4) is 0 Å². The highest BCUT2D eigenvalue weighted by Crippen LogP contribution is 2.23. The number of rotatable bonds is 3. The zero-order chi connectivity index (χ0) is 11.4. The minimum absolute atomic E-state index is 0.155. The lowest BCUT2D eigenvalue weighted by atomic mass is 10.1. The monoisotopic (exact) mass is 211 g/mol. The van der Waals surface area contributed by atoms with Crippen LogP contribution in [0.2, 0.25) is 0 Å². The van der Waals surface area contributed by atoms with Gasteiger partial charge in [0.1, 0.15) is 5.75 Å². The molecule has 0 saturated carbocycles. The first-order valence-electron chi connectivity index (χ1n) is 3.90. The number of ether oxygens (including phenoxy) is 1. The molecule has 0 bridgehead atoms. The Kier molecular flexibility index (Phi) is 3.06. The molecule has 0 radical (unpaired) electrons. The Morgan fingerprint density at radius 1 is 1.67 bits per heavy atom. The summed E-state index contributed by atoms with van der Waals surface area (Å²) in [7, 11) is 1.38. The maximum absolute atomic E-state index is 10.5. The predicted octanol–water partition coefficient (Wildman–Crippen LogP) is 0.698. The lowest BCUT2D eigenvalue weighted by Gasteiger charge is -2.05. The maximum Gasteiger partial charge on any atom is 0.270 e. The van der Waals surface area contributed by atoms with Gasteiger partial charge in [-0.1, -0.05) is 5.16 Å². The number of oxime groups is 1. The van der Waals surface area contributed by atoms with Gasteiger partial charge in [-0.15, -0.1) is 0 Å². The zero-order valence-corrected chi connectivity index (χ0v) is 7.88. The maximum atomic E-state index is 10.5. The van der Waals surface area contributed by atoms with Gasteiger partial charge in [-0.3, -0.25) is 10.1 Å². The van der Waals surface area contributed by atoms with Crippen molar-refractivity contribution in [3.63, 3.8) is 0 Å². The fourth-order valence-electron chi connectivity index (χ4n) is 1.06. The van der Waals surface area contributed by atoms with Crippen LogP contribution in [0, 0.1) is 10.1 Å². The van der Waals surface area contributed by atoms with Gasteiger partial charge in [0.05, 0.1) is 17.6 Å². The van der Waals surface area contributed by atoms with E-state index in [0.717, 1.165) is 0 Å². The van der Waals surface area contributed by atoms with Crippen molar-refractivity contribution in [2.75, 3.05) is 7.11 Å². The molecule has 0 atom stereocenters. The second-order valence-corrected chi connectivity index (χ2v) is 2.63.